The molecule has 0 bridgehead atoms. The van der Waals surface area contributed by atoms with Crippen molar-refractivity contribution in [3.63, 3.8) is 0 Å². The second-order valence-corrected chi connectivity index (χ2v) is 8.50. The maximum Gasteiger partial charge on any atom is 0.416 e. The molecule has 1 heterocycles. The Morgan fingerprint density at radius 2 is 1.76 bits per heavy atom. The fourth-order valence-corrected chi connectivity index (χ4v) is 4.20. The number of amides is 1. The summed E-state index contributed by atoms with van der Waals surface area (Å²) in [5.74, 6) is 0.996. The van der Waals surface area contributed by atoms with Gasteiger partial charge in [-0.05, 0) is 85.8 Å². The quantitative estimate of drug-likeness (QED) is 0.423. The smallest absolute Gasteiger partial charge is 0.416 e. The molecule has 0 aromatic heterocycles. The van der Waals surface area contributed by atoms with Gasteiger partial charge in [0.25, 0.3) is 5.91 Å². The van der Waals surface area contributed by atoms with E-state index in [9.17, 15) is 22.4 Å². The van der Waals surface area contributed by atoms with Crippen LogP contribution >= 0.6 is 0 Å². The van der Waals surface area contributed by atoms with E-state index in [1.54, 1.807) is 30.3 Å². The molecule has 3 aromatic carbocycles. The van der Waals surface area contributed by atoms with Crippen LogP contribution in [0.25, 0.3) is 10.8 Å². The lowest BCUT2D eigenvalue weighted by Gasteiger charge is -2.31. The Hall–Kier alpha value is -3.13. The molecule has 3 aromatic rings. The third kappa shape index (κ3) is 5.86. The van der Waals surface area contributed by atoms with E-state index in [1.807, 2.05) is 6.07 Å². The molecule has 1 aliphatic heterocycles. The van der Waals surface area contributed by atoms with E-state index in [0.717, 1.165) is 48.8 Å². The molecule has 0 saturated carbocycles. The highest BCUT2D eigenvalue weighted by Crippen LogP contribution is 2.33. The topological polar surface area (TPSA) is 41.6 Å². The zero-order valence-electron chi connectivity index (χ0n) is 18.6. The van der Waals surface area contributed by atoms with Crippen molar-refractivity contribution in [1.82, 2.24) is 10.2 Å². The van der Waals surface area contributed by atoms with Crippen molar-refractivity contribution in [2.45, 2.75) is 19.0 Å². The number of ether oxygens (including phenoxy) is 1. The van der Waals surface area contributed by atoms with E-state index in [0.29, 0.717) is 36.1 Å². The number of carbonyl (C=O) groups excluding carboxylic acids is 1. The van der Waals surface area contributed by atoms with Crippen LogP contribution in [0, 0.1) is 5.92 Å². The summed E-state index contributed by atoms with van der Waals surface area (Å²) < 4.78 is 56.6. The molecule has 0 spiro atoms. The van der Waals surface area contributed by atoms with Crippen LogP contribution in [-0.2, 0) is 6.18 Å². The molecule has 0 radical (unpaired) electrons. The highest BCUT2D eigenvalue weighted by molar-refractivity contribution is 5.99. The predicted molar refractivity (Wildman–Crippen MR) is 123 cm³/mol. The summed E-state index contributed by atoms with van der Waals surface area (Å²) in [5, 5.41) is 4.54. The van der Waals surface area contributed by atoms with E-state index >= 15 is 0 Å². The molecule has 0 aliphatic carbocycles. The minimum Gasteiger partial charge on any atom is -0.457 e. The SMILES string of the molecule is O=C(NCC1CCN(CCF)CC1)c1ccc2c(Oc3ccc(C(F)(F)F)cc3)cccc2c1. The van der Waals surface area contributed by atoms with Gasteiger partial charge in [-0.1, -0.05) is 12.1 Å². The Bertz CT molecular complexity index is 1120. The number of likely N-dealkylation sites (tertiary alicyclic amines) is 1. The van der Waals surface area contributed by atoms with E-state index in [-0.39, 0.29) is 12.6 Å². The molecule has 34 heavy (non-hydrogen) atoms. The number of nitrogens with one attached hydrogen (secondary N) is 1. The van der Waals surface area contributed by atoms with Crippen molar-refractivity contribution in [2.24, 2.45) is 5.92 Å². The van der Waals surface area contributed by atoms with Crippen LogP contribution in [0.15, 0.2) is 60.7 Å². The first-order chi connectivity index (χ1) is 16.3. The van der Waals surface area contributed by atoms with Crippen LogP contribution in [0.1, 0.15) is 28.8 Å². The third-order valence-electron chi connectivity index (χ3n) is 6.17. The zero-order chi connectivity index (χ0) is 24.1. The van der Waals surface area contributed by atoms with Crippen molar-refractivity contribution in [2.75, 3.05) is 32.9 Å². The molecule has 180 valence electrons. The van der Waals surface area contributed by atoms with Gasteiger partial charge in [0, 0.05) is 24.0 Å². The first-order valence-corrected chi connectivity index (χ1v) is 11.3. The van der Waals surface area contributed by atoms with Gasteiger partial charge >= 0.3 is 6.18 Å². The van der Waals surface area contributed by atoms with Gasteiger partial charge in [-0.3, -0.25) is 4.79 Å². The van der Waals surface area contributed by atoms with Gasteiger partial charge in [0.2, 0.25) is 0 Å². The van der Waals surface area contributed by atoms with E-state index in [1.165, 1.54) is 12.1 Å². The maximum absolute atomic E-state index is 12.8. The normalized spacial score (nSPS) is 15.4. The number of rotatable bonds is 7. The van der Waals surface area contributed by atoms with Crippen LogP contribution in [0.5, 0.6) is 11.5 Å². The van der Waals surface area contributed by atoms with Crippen molar-refractivity contribution in [3.05, 3.63) is 71.8 Å². The molecular formula is C26H26F4N2O2. The molecule has 8 heteroatoms. The van der Waals surface area contributed by atoms with Crippen molar-refractivity contribution in [3.8, 4) is 11.5 Å². The van der Waals surface area contributed by atoms with Gasteiger partial charge in [-0.2, -0.15) is 13.2 Å². The van der Waals surface area contributed by atoms with Crippen LogP contribution in [0.4, 0.5) is 17.6 Å². The van der Waals surface area contributed by atoms with Crippen molar-refractivity contribution in [1.29, 1.82) is 0 Å². The molecule has 4 rings (SSSR count). The standard InChI is InChI=1S/C26H26F4N2O2/c27-12-15-32-13-10-18(11-14-32)17-31-25(33)20-4-9-23-19(16-20)2-1-3-24(23)34-22-7-5-21(6-8-22)26(28,29)30/h1-9,16,18H,10-15,17H2,(H,31,33). The monoisotopic (exact) mass is 474 g/mol. The molecule has 1 N–H and O–H groups in total. The number of benzene rings is 3. The lowest BCUT2D eigenvalue weighted by Crippen LogP contribution is -2.39. The lowest BCUT2D eigenvalue weighted by atomic mass is 9.96. The van der Waals surface area contributed by atoms with Crippen LogP contribution in [0.3, 0.4) is 0 Å². The molecule has 0 atom stereocenters. The first-order valence-electron chi connectivity index (χ1n) is 11.3. The number of nitrogens with zero attached hydrogens (tertiary/aromatic N) is 1. The van der Waals surface area contributed by atoms with Gasteiger partial charge in [0.05, 0.1) is 5.56 Å². The molecule has 0 unspecified atom stereocenters. The summed E-state index contributed by atoms with van der Waals surface area (Å²) in [5.41, 5.74) is -0.215. The first kappa shape index (κ1) is 24.0. The predicted octanol–water partition coefficient (Wildman–Crippen LogP) is 6.06. The van der Waals surface area contributed by atoms with Crippen LogP contribution < -0.4 is 10.1 Å². The number of hydrogen-bond acceptors (Lipinski definition) is 3. The molecule has 1 saturated heterocycles. The minimum atomic E-state index is -4.40. The number of halogens is 4. The van der Waals surface area contributed by atoms with Gasteiger partial charge < -0.3 is 15.0 Å². The number of piperidine rings is 1. The summed E-state index contributed by atoms with van der Waals surface area (Å²) in [6.07, 6.45) is -2.53. The van der Waals surface area contributed by atoms with Crippen LogP contribution in [-0.4, -0.2) is 43.7 Å². The molecule has 4 nitrogen and oxygen atoms in total. The second-order valence-electron chi connectivity index (χ2n) is 8.50. The van der Waals surface area contributed by atoms with Gasteiger partial charge in [0.1, 0.15) is 18.2 Å². The number of fused-ring (bicyclic) bond motifs is 1. The Morgan fingerprint density at radius 3 is 2.44 bits per heavy atom. The molecule has 1 fully saturated rings. The highest BCUT2D eigenvalue weighted by atomic mass is 19.4. The average Bonchev–Trinajstić information content (AvgIpc) is 2.83. The number of hydrogen-bond donors (Lipinski definition) is 1. The highest BCUT2D eigenvalue weighted by Gasteiger charge is 2.30. The summed E-state index contributed by atoms with van der Waals surface area (Å²) in [7, 11) is 0. The Morgan fingerprint density at radius 1 is 1.03 bits per heavy atom. The fraction of sp³-hybridized carbons (Fsp3) is 0.346. The summed E-state index contributed by atoms with van der Waals surface area (Å²) in [6.45, 7) is 2.42. The molecule has 1 amide bonds. The van der Waals surface area contributed by atoms with E-state index in [2.05, 4.69) is 10.2 Å². The molecule has 1 aliphatic rings. The summed E-state index contributed by atoms with van der Waals surface area (Å²) in [4.78, 5) is 14.8. The van der Waals surface area contributed by atoms with E-state index in [4.69, 9.17) is 4.74 Å². The fourth-order valence-electron chi connectivity index (χ4n) is 4.20. The van der Waals surface area contributed by atoms with Crippen LogP contribution in [0.2, 0.25) is 0 Å². The lowest BCUT2D eigenvalue weighted by molar-refractivity contribution is -0.137. The van der Waals surface area contributed by atoms with E-state index < -0.39 is 11.7 Å². The Balaban J connectivity index is 1.40. The maximum atomic E-state index is 12.8. The Labute approximate surface area is 195 Å². The number of carbonyl (C=O) groups is 1. The largest absolute Gasteiger partial charge is 0.457 e. The minimum absolute atomic E-state index is 0.165. The van der Waals surface area contributed by atoms with Crippen molar-refractivity contribution >= 4 is 16.7 Å². The van der Waals surface area contributed by atoms with Gasteiger partial charge in [0.15, 0.2) is 0 Å². The average molecular weight is 474 g/mol. The van der Waals surface area contributed by atoms with Gasteiger partial charge in [-0.25, -0.2) is 4.39 Å². The molecular weight excluding hydrogens is 448 g/mol. The zero-order valence-corrected chi connectivity index (χ0v) is 18.6. The number of alkyl halides is 4. The summed E-state index contributed by atoms with van der Waals surface area (Å²) in [6, 6.07) is 15.1. The van der Waals surface area contributed by atoms with Gasteiger partial charge in [-0.15, -0.1) is 0 Å². The van der Waals surface area contributed by atoms with Crippen molar-refractivity contribution < 1.29 is 27.1 Å². The second kappa shape index (κ2) is 10.4. The summed E-state index contributed by atoms with van der Waals surface area (Å²) >= 11 is 0. The third-order valence-corrected chi connectivity index (χ3v) is 6.17. The Kier molecular flexibility index (Phi) is 7.36.